The van der Waals surface area contributed by atoms with Gasteiger partial charge in [0.15, 0.2) is 11.5 Å². The van der Waals surface area contributed by atoms with Crippen LogP contribution in [0.3, 0.4) is 0 Å². The SMILES string of the molecule is CC(C)c1ccc2[nH]c(=O)[nH]c2c1.CC(C)c1ccc2c(c1)C(=O)NC2=O.CC(C)c1ccc2c(c1)OCO2.CC(C)c1ccc2cc[nH]c2n1.CC(C)c1ccc2cn[nH]c2c1.CC(C)c1cnc2c(c1)CC(=O)N2. The van der Waals surface area contributed by atoms with E-state index in [4.69, 9.17) is 9.47 Å². The minimum Gasteiger partial charge on any atom is -0.454 e. The molecule has 0 saturated heterocycles. The molecule has 9 aromatic rings. The quantitative estimate of drug-likeness (QED) is 0.0873. The molecule has 3 aliphatic heterocycles. The summed E-state index contributed by atoms with van der Waals surface area (Å²) in [6, 6.07) is 32.2. The summed E-state index contributed by atoms with van der Waals surface area (Å²) >= 11 is 0. The topological polar surface area (TPSA) is 213 Å². The molecule has 0 spiro atoms. The number of aromatic amines is 4. The van der Waals surface area contributed by atoms with Gasteiger partial charge in [0.05, 0.1) is 40.3 Å². The van der Waals surface area contributed by atoms with Crippen molar-refractivity contribution in [2.45, 2.75) is 125 Å². The Morgan fingerprint density at radius 2 is 1.09 bits per heavy atom. The van der Waals surface area contributed by atoms with Crippen molar-refractivity contribution in [2.75, 3.05) is 12.1 Å². The molecule has 3 aliphatic rings. The summed E-state index contributed by atoms with van der Waals surface area (Å²) in [5.74, 6) is 4.88. The van der Waals surface area contributed by atoms with E-state index >= 15 is 0 Å². The van der Waals surface area contributed by atoms with E-state index in [2.05, 4.69) is 171 Å². The van der Waals surface area contributed by atoms with Crippen LogP contribution in [-0.2, 0) is 11.2 Å². The van der Waals surface area contributed by atoms with Gasteiger partial charge in [0.1, 0.15) is 11.5 Å². The number of ether oxygens (including phenoxy) is 2. The van der Waals surface area contributed by atoms with Gasteiger partial charge < -0.3 is 29.7 Å². The molecule has 0 bridgehead atoms. The van der Waals surface area contributed by atoms with E-state index in [-0.39, 0.29) is 23.4 Å². The number of fused-ring (bicyclic) bond motifs is 6. The zero-order valence-electron chi connectivity index (χ0n) is 45.6. The molecule has 0 aliphatic carbocycles. The fourth-order valence-corrected chi connectivity index (χ4v) is 8.25. The number of aromatic nitrogens is 7. The summed E-state index contributed by atoms with van der Waals surface area (Å²) in [6.45, 7) is 26.0. The average Bonchev–Trinajstić information content (AvgIpc) is 4.27. The normalized spacial score (nSPS) is 12.8. The van der Waals surface area contributed by atoms with Crippen molar-refractivity contribution < 1.29 is 23.9 Å². The number of rotatable bonds is 6. The number of H-pyrrole nitrogens is 4. The van der Waals surface area contributed by atoms with E-state index in [1.807, 2.05) is 61.1 Å². The molecule has 0 fully saturated rings. The number of imidazole rings is 1. The minimum absolute atomic E-state index is 0.0448. The number of anilines is 1. The fourth-order valence-electron chi connectivity index (χ4n) is 8.25. The number of hydrogen-bond acceptors (Lipinski definition) is 9. The van der Waals surface area contributed by atoms with E-state index < -0.39 is 0 Å². The van der Waals surface area contributed by atoms with Crippen LogP contribution in [0.1, 0.15) is 178 Å². The van der Waals surface area contributed by atoms with Crippen molar-refractivity contribution in [2.24, 2.45) is 0 Å². The molecule has 0 radical (unpaired) electrons. The maximum absolute atomic E-state index is 11.3. The number of imide groups is 1. The number of amides is 3. The number of nitrogens with one attached hydrogen (secondary N) is 6. The molecule has 15 heteroatoms. The Kier molecular flexibility index (Phi) is 18.1. The maximum atomic E-state index is 11.3. The first-order valence-electron chi connectivity index (χ1n) is 26.0. The third-order valence-electron chi connectivity index (χ3n) is 13.1. The van der Waals surface area contributed by atoms with Crippen molar-refractivity contribution in [3.8, 4) is 11.5 Å². The summed E-state index contributed by atoms with van der Waals surface area (Å²) in [5.41, 5.74) is 13.0. The van der Waals surface area contributed by atoms with Gasteiger partial charge in [-0.15, -0.1) is 0 Å². The van der Waals surface area contributed by atoms with Crippen LogP contribution < -0.4 is 25.8 Å². The average molecular weight is 1030 g/mol. The molecule has 0 unspecified atom stereocenters. The molecule has 6 N–H and O–H groups in total. The highest BCUT2D eigenvalue weighted by atomic mass is 16.7. The first-order chi connectivity index (χ1) is 36.2. The Balaban J connectivity index is 0.000000133. The highest BCUT2D eigenvalue weighted by Gasteiger charge is 2.27. The largest absolute Gasteiger partial charge is 0.454 e. The van der Waals surface area contributed by atoms with Crippen molar-refractivity contribution in [1.29, 1.82) is 0 Å². The number of nitrogens with zero attached hydrogens (tertiary/aromatic N) is 3. The lowest BCUT2D eigenvalue weighted by Crippen LogP contribution is -2.19. The molecule has 12 rings (SSSR count). The molecule has 396 valence electrons. The van der Waals surface area contributed by atoms with E-state index in [0.29, 0.717) is 59.8 Å². The molecule has 0 atom stereocenters. The van der Waals surface area contributed by atoms with Gasteiger partial charge in [0.2, 0.25) is 12.7 Å². The summed E-state index contributed by atoms with van der Waals surface area (Å²) in [5, 5.41) is 14.3. The second-order valence-electron chi connectivity index (χ2n) is 20.9. The third kappa shape index (κ3) is 14.1. The predicted molar refractivity (Wildman–Crippen MR) is 303 cm³/mol. The van der Waals surface area contributed by atoms with Crippen molar-refractivity contribution in [3.05, 3.63) is 176 Å². The Bertz CT molecular complexity index is 3440. The van der Waals surface area contributed by atoms with Gasteiger partial charge in [0.25, 0.3) is 11.8 Å². The van der Waals surface area contributed by atoms with Gasteiger partial charge in [0, 0.05) is 34.4 Å². The first-order valence-corrected chi connectivity index (χ1v) is 26.0. The van der Waals surface area contributed by atoms with Gasteiger partial charge in [-0.05, 0) is 130 Å². The molecule has 0 saturated carbocycles. The Labute approximate surface area is 444 Å². The first kappa shape index (κ1) is 55.4. The molecule has 76 heavy (non-hydrogen) atoms. The molecule has 5 aromatic heterocycles. The van der Waals surface area contributed by atoms with Gasteiger partial charge in [-0.25, -0.2) is 14.8 Å². The van der Waals surface area contributed by atoms with E-state index in [9.17, 15) is 19.2 Å². The van der Waals surface area contributed by atoms with Crippen molar-refractivity contribution in [1.82, 2.24) is 40.4 Å². The summed E-state index contributed by atoms with van der Waals surface area (Å²) in [4.78, 5) is 61.8. The smallest absolute Gasteiger partial charge is 0.323 e. The van der Waals surface area contributed by atoms with Crippen molar-refractivity contribution in [3.63, 3.8) is 0 Å². The van der Waals surface area contributed by atoms with Gasteiger partial charge in [-0.3, -0.25) is 24.8 Å². The zero-order valence-corrected chi connectivity index (χ0v) is 45.6. The second-order valence-corrected chi connectivity index (χ2v) is 20.9. The monoisotopic (exact) mass is 1030 g/mol. The zero-order chi connectivity index (χ0) is 54.8. The Hall–Kier alpha value is -8.33. The Morgan fingerprint density at radius 3 is 1.79 bits per heavy atom. The highest BCUT2D eigenvalue weighted by Crippen LogP contribution is 2.34. The van der Waals surface area contributed by atoms with Gasteiger partial charge >= 0.3 is 5.69 Å². The standard InChI is InChI=1S/C11H11NO2.2C10H12N2O.2C10H12N2.C10H12O2/c1-6(2)7-3-4-8-9(5-7)11(14)12-10(8)13;1-6(2)8-3-7-4-9(13)12-10(7)11-5-8;1-6(2)7-3-4-8-9(5-7)12-10(13)11-8;1-7(2)8-3-4-9-6-11-12-10(9)5-8;1-7(2)9-4-3-8-5-6-11-10(8)12-9;1-7(2)8-3-4-9-10(5-8)12-6-11-9/h3-6H,1-2H3,(H,12,13,14);3,5-6H,4H2,1-2H3,(H,11,12,13);3-6H,1-2H3,(H2,11,12,13);2*3-7H,1-2H3,(H,11,12);3-5,7H,6H2,1-2H3. The van der Waals surface area contributed by atoms with E-state index in [1.165, 1.54) is 33.0 Å². The summed E-state index contributed by atoms with van der Waals surface area (Å²) < 4.78 is 10.5. The molecule has 3 amide bonds. The molecule has 8 heterocycles. The second kappa shape index (κ2) is 24.8. The van der Waals surface area contributed by atoms with Crippen LogP contribution in [0.4, 0.5) is 5.82 Å². The Morgan fingerprint density at radius 1 is 0.500 bits per heavy atom. The highest BCUT2D eigenvalue weighted by molar-refractivity contribution is 6.21. The summed E-state index contributed by atoms with van der Waals surface area (Å²) in [6.07, 6.45) is 6.07. The molecule has 4 aromatic carbocycles. The van der Waals surface area contributed by atoms with Crippen LogP contribution in [-0.4, -0.2) is 59.6 Å². The van der Waals surface area contributed by atoms with E-state index in [1.54, 1.807) is 12.1 Å². The van der Waals surface area contributed by atoms with Crippen LogP contribution >= 0.6 is 0 Å². The van der Waals surface area contributed by atoms with E-state index in [0.717, 1.165) is 56.3 Å². The predicted octanol–water partition coefficient (Wildman–Crippen LogP) is 13.3. The van der Waals surface area contributed by atoms with Crippen LogP contribution in [0.15, 0.2) is 120 Å². The number of carbonyl (C=O) groups is 3. The molecule has 15 nitrogen and oxygen atoms in total. The molecular weight excluding hydrogens is 955 g/mol. The number of benzene rings is 4. The fraction of sp³-hybridized carbons (Fsp3) is 0.328. The maximum Gasteiger partial charge on any atom is 0.323 e. The summed E-state index contributed by atoms with van der Waals surface area (Å²) in [7, 11) is 0. The number of carbonyl (C=O) groups excluding carboxylic acids is 3. The van der Waals surface area contributed by atoms with Crippen molar-refractivity contribution >= 4 is 56.5 Å². The van der Waals surface area contributed by atoms with Crippen LogP contribution in [0.25, 0.3) is 33.0 Å². The van der Waals surface area contributed by atoms with Crippen LogP contribution in [0.2, 0.25) is 0 Å². The van der Waals surface area contributed by atoms with Crippen LogP contribution in [0, 0.1) is 0 Å². The van der Waals surface area contributed by atoms with Crippen LogP contribution in [0.5, 0.6) is 11.5 Å². The number of hydrogen-bond donors (Lipinski definition) is 6. The van der Waals surface area contributed by atoms with Gasteiger partial charge in [-0.1, -0.05) is 113 Å². The third-order valence-corrected chi connectivity index (χ3v) is 13.1. The number of pyridine rings is 2. The minimum atomic E-state index is -0.291. The lowest BCUT2D eigenvalue weighted by Gasteiger charge is -2.05. The lowest BCUT2D eigenvalue weighted by molar-refractivity contribution is -0.115. The molecular formula is C61H71N9O6. The van der Waals surface area contributed by atoms with Gasteiger partial charge in [-0.2, -0.15) is 5.10 Å². The lowest BCUT2D eigenvalue weighted by atomic mass is 9.98.